The van der Waals surface area contributed by atoms with E-state index in [0.29, 0.717) is 17.5 Å². The number of benzene rings is 8. The Labute approximate surface area is 316 Å². The molecule has 8 aromatic carbocycles. The molecule has 0 aliphatic heterocycles. The first-order valence-electron chi connectivity index (χ1n) is 18.2. The number of hydrogen-bond acceptors (Lipinski definition) is 3. The van der Waals surface area contributed by atoms with Crippen molar-refractivity contribution >= 4 is 0 Å². The van der Waals surface area contributed by atoms with E-state index in [9.17, 15) is 0 Å². The fraction of sp³-hybridized carbons (Fsp3) is 0. The van der Waals surface area contributed by atoms with Gasteiger partial charge in [-0.1, -0.05) is 182 Å². The van der Waals surface area contributed by atoms with E-state index in [2.05, 4.69) is 152 Å². The van der Waals surface area contributed by atoms with E-state index in [4.69, 9.17) is 15.0 Å². The molecule has 0 fully saturated rings. The monoisotopic (exact) mass is 689 g/mol. The molecule has 0 radical (unpaired) electrons. The van der Waals surface area contributed by atoms with E-state index in [1.165, 1.54) is 33.4 Å². The molecule has 254 valence electrons. The molecular formula is C51H35N3. The maximum atomic E-state index is 4.95. The summed E-state index contributed by atoms with van der Waals surface area (Å²) in [5, 5.41) is 0. The molecule has 0 aliphatic carbocycles. The molecule has 0 unspecified atom stereocenters. The molecule has 0 amide bonds. The van der Waals surface area contributed by atoms with E-state index in [1.54, 1.807) is 0 Å². The number of nitrogens with zero attached hydrogens (tertiary/aromatic N) is 3. The summed E-state index contributed by atoms with van der Waals surface area (Å²) in [5.74, 6) is 1.94. The molecule has 0 saturated carbocycles. The van der Waals surface area contributed by atoms with Gasteiger partial charge in [0, 0.05) is 16.7 Å². The Hall–Kier alpha value is -7.23. The molecular weight excluding hydrogens is 655 g/mol. The summed E-state index contributed by atoms with van der Waals surface area (Å²) >= 11 is 0. The second-order valence-corrected chi connectivity index (χ2v) is 13.3. The largest absolute Gasteiger partial charge is 0.208 e. The fourth-order valence-corrected chi connectivity index (χ4v) is 6.89. The molecule has 0 atom stereocenters. The molecule has 0 spiro atoms. The van der Waals surface area contributed by atoms with Crippen molar-refractivity contribution in [1.29, 1.82) is 0 Å². The summed E-state index contributed by atoms with van der Waals surface area (Å²) in [5.41, 5.74) is 14.5. The first kappa shape index (κ1) is 32.7. The second kappa shape index (κ2) is 14.8. The number of hydrogen-bond donors (Lipinski definition) is 0. The van der Waals surface area contributed by atoms with Crippen LogP contribution in [0.25, 0.3) is 89.8 Å². The Morgan fingerprint density at radius 3 is 0.759 bits per heavy atom. The average molecular weight is 690 g/mol. The van der Waals surface area contributed by atoms with Crippen LogP contribution in [-0.4, -0.2) is 15.0 Å². The van der Waals surface area contributed by atoms with Crippen LogP contribution < -0.4 is 0 Å². The Bertz CT molecular complexity index is 2510. The highest BCUT2D eigenvalue weighted by Crippen LogP contribution is 2.36. The molecule has 0 N–H and O–H groups in total. The summed E-state index contributed by atoms with van der Waals surface area (Å²) in [4.78, 5) is 14.8. The van der Waals surface area contributed by atoms with Gasteiger partial charge in [-0.25, -0.2) is 15.0 Å². The van der Waals surface area contributed by atoms with Gasteiger partial charge in [-0.2, -0.15) is 0 Å². The van der Waals surface area contributed by atoms with Crippen LogP contribution in [0.2, 0.25) is 0 Å². The van der Waals surface area contributed by atoms with Gasteiger partial charge in [0.15, 0.2) is 17.5 Å². The van der Waals surface area contributed by atoms with Crippen LogP contribution in [0.15, 0.2) is 212 Å². The fourth-order valence-electron chi connectivity index (χ4n) is 6.89. The third kappa shape index (κ3) is 6.99. The van der Waals surface area contributed by atoms with Gasteiger partial charge in [-0.3, -0.25) is 0 Å². The van der Waals surface area contributed by atoms with E-state index < -0.39 is 0 Å². The molecule has 54 heavy (non-hydrogen) atoms. The Kier molecular flexibility index (Phi) is 8.94. The van der Waals surface area contributed by atoms with Crippen LogP contribution in [0, 0.1) is 0 Å². The highest BCUT2D eigenvalue weighted by Gasteiger charge is 2.14. The summed E-state index contributed by atoms with van der Waals surface area (Å²) < 4.78 is 0. The van der Waals surface area contributed by atoms with Crippen LogP contribution in [-0.2, 0) is 0 Å². The third-order valence-electron chi connectivity index (χ3n) is 9.71. The summed E-state index contributed by atoms with van der Waals surface area (Å²) in [6, 6.07) is 74.4. The predicted molar refractivity (Wildman–Crippen MR) is 223 cm³/mol. The SMILES string of the molecule is c1ccc(-c2cccc(-c3cc(-c4ccc(-c5nc(-c6ccccc6)nc(-c6ccccc6)n5)cc4)cc(-c4cccc(-c5ccccc5)c4)c3)c2)cc1. The first-order chi connectivity index (χ1) is 26.7. The highest BCUT2D eigenvalue weighted by molar-refractivity contribution is 5.84. The van der Waals surface area contributed by atoms with Gasteiger partial charge < -0.3 is 0 Å². The van der Waals surface area contributed by atoms with Crippen molar-refractivity contribution in [3.8, 4) is 89.8 Å². The minimum absolute atomic E-state index is 0.638. The zero-order chi connectivity index (χ0) is 36.1. The number of rotatable bonds is 8. The molecule has 0 aliphatic rings. The lowest BCUT2D eigenvalue weighted by Crippen LogP contribution is -2.00. The molecule has 9 aromatic rings. The van der Waals surface area contributed by atoms with E-state index >= 15 is 0 Å². The molecule has 3 heteroatoms. The average Bonchev–Trinajstić information content (AvgIpc) is 3.27. The Balaban J connectivity index is 1.14. The maximum Gasteiger partial charge on any atom is 0.164 e. The maximum absolute atomic E-state index is 4.95. The quantitative estimate of drug-likeness (QED) is 0.159. The minimum Gasteiger partial charge on any atom is -0.208 e. The lowest BCUT2D eigenvalue weighted by atomic mass is 9.91. The zero-order valence-electron chi connectivity index (χ0n) is 29.5. The van der Waals surface area contributed by atoms with Crippen molar-refractivity contribution in [3.63, 3.8) is 0 Å². The lowest BCUT2D eigenvalue weighted by molar-refractivity contribution is 1.07. The molecule has 3 nitrogen and oxygen atoms in total. The smallest absolute Gasteiger partial charge is 0.164 e. The normalized spacial score (nSPS) is 11.0. The Morgan fingerprint density at radius 1 is 0.167 bits per heavy atom. The van der Waals surface area contributed by atoms with Crippen molar-refractivity contribution in [3.05, 3.63) is 212 Å². The first-order valence-corrected chi connectivity index (χ1v) is 18.2. The van der Waals surface area contributed by atoms with Crippen LogP contribution in [0.5, 0.6) is 0 Å². The second-order valence-electron chi connectivity index (χ2n) is 13.3. The van der Waals surface area contributed by atoms with Crippen molar-refractivity contribution < 1.29 is 0 Å². The van der Waals surface area contributed by atoms with Crippen LogP contribution in [0.1, 0.15) is 0 Å². The van der Waals surface area contributed by atoms with E-state index in [-0.39, 0.29) is 0 Å². The molecule has 9 rings (SSSR count). The number of aromatic nitrogens is 3. The van der Waals surface area contributed by atoms with Gasteiger partial charge in [-0.15, -0.1) is 0 Å². The van der Waals surface area contributed by atoms with Gasteiger partial charge in [0.05, 0.1) is 0 Å². The van der Waals surface area contributed by atoms with Gasteiger partial charge >= 0.3 is 0 Å². The van der Waals surface area contributed by atoms with Gasteiger partial charge in [0.1, 0.15) is 0 Å². The molecule has 0 bridgehead atoms. The van der Waals surface area contributed by atoms with Crippen molar-refractivity contribution in [2.24, 2.45) is 0 Å². The van der Waals surface area contributed by atoms with Crippen LogP contribution >= 0.6 is 0 Å². The van der Waals surface area contributed by atoms with E-state index in [1.807, 2.05) is 60.7 Å². The summed E-state index contributed by atoms with van der Waals surface area (Å²) in [6.45, 7) is 0. The topological polar surface area (TPSA) is 38.7 Å². The molecule has 1 heterocycles. The lowest BCUT2D eigenvalue weighted by Gasteiger charge is -2.14. The van der Waals surface area contributed by atoms with Gasteiger partial charge in [-0.05, 0) is 86.0 Å². The molecule has 0 saturated heterocycles. The summed E-state index contributed by atoms with van der Waals surface area (Å²) in [7, 11) is 0. The van der Waals surface area contributed by atoms with Crippen molar-refractivity contribution in [2.45, 2.75) is 0 Å². The van der Waals surface area contributed by atoms with Crippen molar-refractivity contribution in [1.82, 2.24) is 15.0 Å². The molecule has 1 aromatic heterocycles. The zero-order valence-corrected chi connectivity index (χ0v) is 29.5. The van der Waals surface area contributed by atoms with Crippen LogP contribution in [0.4, 0.5) is 0 Å². The van der Waals surface area contributed by atoms with Gasteiger partial charge in [0.25, 0.3) is 0 Å². The van der Waals surface area contributed by atoms with Gasteiger partial charge in [0.2, 0.25) is 0 Å². The van der Waals surface area contributed by atoms with E-state index in [0.717, 1.165) is 38.9 Å². The predicted octanol–water partition coefficient (Wildman–Crippen LogP) is 13.2. The van der Waals surface area contributed by atoms with Crippen LogP contribution in [0.3, 0.4) is 0 Å². The van der Waals surface area contributed by atoms with Crippen molar-refractivity contribution in [2.75, 3.05) is 0 Å². The Morgan fingerprint density at radius 2 is 0.389 bits per heavy atom. The third-order valence-corrected chi connectivity index (χ3v) is 9.71. The highest BCUT2D eigenvalue weighted by atomic mass is 15.0. The minimum atomic E-state index is 0.638. The summed E-state index contributed by atoms with van der Waals surface area (Å²) in [6.07, 6.45) is 0. The standard InChI is InChI=1S/C51H35N3/c1-5-15-36(16-6-1)42-23-13-25-44(31-42)47-33-46(34-48(35-47)45-26-14-24-43(32-45)37-17-7-2-8-18-37)38-27-29-41(30-28-38)51-53-49(39-19-9-3-10-20-39)52-50(54-51)40-21-11-4-12-22-40/h1-35H.